The number of carbonyl (C=O) groups is 1. The summed E-state index contributed by atoms with van der Waals surface area (Å²) in [6, 6.07) is 9.57. The van der Waals surface area contributed by atoms with Crippen LogP contribution in [-0.4, -0.2) is 6.29 Å². The van der Waals surface area contributed by atoms with Crippen LogP contribution in [0.2, 0.25) is 0 Å². The van der Waals surface area contributed by atoms with E-state index in [1.807, 2.05) is 12.1 Å². The first kappa shape index (κ1) is 14.4. The van der Waals surface area contributed by atoms with E-state index >= 15 is 0 Å². The fraction of sp³-hybridized carbons (Fsp3) is 0.353. The molecular formula is C17H20O3. The molecule has 0 bridgehead atoms. The van der Waals surface area contributed by atoms with Gasteiger partial charge in [0.2, 0.25) is 0 Å². The normalized spacial score (nSPS) is 11.4. The van der Waals surface area contributed by atoms with Crippen LogP contribution in [0.1, 0.15) is 48.2 Å². The predicted molar refractivity (Wildman–Crippen MR) is 78.3 cm³/mol. The second kappa shape index (κ2) is 5.53. The highest BCUT2D eigenvalue weighted by Crippen LogP contribution is 2.32. The lowest BCUT2D eigenvalue weighted by Crippen LogP contribution is -2.13. The summed E-state index contributed by atoms with van der Waals surface area (Å²) in [6.07, 6.45) is 0.690. The monoisotopic (exact) mass is 272 g/mol. The molecule has 0 fully saturated rings. The summed E-state index contributed by atoms with van der Waals surface area (Å²) in [5, 5.41) is 0. The SMILES string of the molecule is Cc1ccc(OCc2ccc(C=O)o2)c(C(C)(C)C)c1. The van der Waals surface area contributed by atoms with Crippen LogP contribution < -0.4 is 4.74 Å². The van der Waals surface area contributed by atoms with E-state index in [1.54, 1.807) is 12.1 Å². The lowest BCUT2D eigenvalue weighted by molar-refractivity contribution is 0.109. The van der Waals surface area contributed by atoms with Gasteiger partial charge in [-0.2, -0.15) is 0 Å². The maximum Gasteiger partial charge on any atom is 0.185 e. The predicted octanol–water partition coefficient (Wildman–Crippen LogP) is 4.28. The second-order valence-corrected chi connectivity index (χ2v) is 5.96. The molecule has 2 rings (SSSR count). The van der Waals surface area contributed by atoms with Crippen LogP contribution >= 0.6 is 0 Å². The van der Waals surface area contributed by atoms with E-state index in [0.717, 1.165) is 5.75 Å². The highest BCUT2D eigenvalue weighted by molar-refractivity contribution is 5.70. The number of rotatable bonds is 4. The summed E-state index contributed by atoms with van der Waals surface area (Å²) >= 11 is 0. The lowest BCUT2D eigenvalue weighted by atomic mass is 9.85. The maximum atomic E-state index is 10.6. The molecule has 1 aromatic heterocycles. The van der Waals surface area contributed by atoms with Gasteiger partial charge in [0.15, 0.2) is 12.0 Å². The van der Waals surface area contributed by atoms with Gasteiger partial charge in [0.1, 0.15) is 18.1 Å². The Hall–Kier alpha value is -2.03. The summed E-state index contributed by atoms with van der Waals surface area (Å²) < 4.78 is 11.2. The van der Waals surface area contributed by atoms with Crippen molar-refractivity contribution < 1.29 is 13.9 Å². The average molecular weight is 272 g/mol. The van der Waals surface area contributed by atoms with Crippen LogP contribution in [0.15, 0.2) is 34.7 Å². The third-order valence-electron chi connectivity index (χ3n) is 3.11. The van der Waals surface area contributed by atoms with Crippen LogP contribution in [0.5, 0.6) is 5.75 Å². The Balaban J connectivity index is 2.19. The van der Waals surface area contributed by atoms with E-state index in [1.165, 1.54) is 11.1 Å². The number of furan rings is 1. The fourth-order valence-corrected chi connectivity index (χ4v) is 2.04. The van der Waals surface area contributed by atoms with E-state index in [-0.39, 0.29) is 5.41 Å². The Bertz CT molecular complexity index is 603. The zero-order chi connectivity index (χ0) is 14.8. The third kappa shape index (κ3) is 3.29. The molecule has 1 aromatic carbocycles. The summed E-state index contributed by atoms with van der Waals surface area (Å²) in [5.74, 6) is 1.82. The van der Waals surface area contributed by atoms with E-state index in [0.29, 0.717) is 24.4 Å². The molecule has 0 saturated heterocycles. The molecule has 20 heavy (non-hydrogen) atoms. The minimum Gasteiger partial charge on any atom is -0.485 e. The molecule has 0 spiro atoms. The van der Waals surface area contributed by atoms with Gasteiger partial charge in [-0.15, -0.1) is 0 Å². The quantitative estimate of drug-likeness (QED) is 0.780. The first-order valence-corrected chi connectivity index (χ1v) is 6.68. The van der Waals surface area contributed by atoms with Crippen molar-refractivity contribution in [2.45, 2.75) is 39.7 Å². The van der Waals surface area contributed by atoms with Crippen molar-refractivity contribution in [2.24, 2.45) is 0 Å². The second-order valence-electron chi connectivity index (χ2n) is 5.96. The van der Waals surface area contributed by atoms with Gasteiger partial charge >= 0.3 is 0 Å². The molecule has 0 aliphatic heterocycles. The van der Waals surface area contributed by atoms with Crippen molar-refractivity contribution >= 4 is 6.29 Å². The van der Waals surface area contributed by atoms with Gasteiger partial charge in [0, 0.05) is 0 Å². The molecular weight excluding hydrogens is 252 g/mol. The van der Waals surface area contributed by atoms with Gasteiger partial charge < -0.3 is 9.15 Å². The topological polar surface area (TPSA) is 39.4 Å². The van der Waals surface area contributed by atoms with Crippen molar-refractivity contribution in [3.05, 3.63) is 53.0 Å². The highest BCUT2D eigenvalue weighted by Gasteiger charge is 2.19. The van der Waals surface area contributed by atoms with Gasteiger partial charge in [0.05, 0.1) is 0 Å². The minimum absolute atomic E-state index is 0.0124. The Morgan fingerprint density at radius 2 is 1.95 bits per heavy atom. The van der Waals surface area contributed by atoms with Crippen LogP contribution in [0.3, 0.4) is 0 Å². The number of hydrogen-bond donors (Lipinski definition) is 0. The van der Waals surface area contributed by atoms with E-state index in [4.69, 9.17) is 9.15 Å². The summed E-state index contributed by atoms with van der Waals surface area (Å²) in [7, 11) is 0. The van der Waals surface area contributed by atoms with Crippen molar-refractivity contribution in [1.29, 1.82) is 0 Å². The molecule has 0 atom stereocenters. The highest BCUT2D eigenvalue weighted by atomic mass is 16.5. The third-order valence-corrected chi connectivity index (χ3v) is 3.11. The Morgan fingerprint density at radius 3 is 2.55 bits per heavy atom. The zero-order valence-corrected chi connectivity index (χ0v) is 12.4. The first-order chi connectivity index (χ1) is 9.40. The molecule has 2 aromatic rings. The number of carbonyl (C=O) groups excluding carboxylic acids is 1. The first-order valence-electron chi connectivity index (χ1n) is 6.68. The number of ether oxygens (including phenoxy) is 1. The van der Waals surface area contributed by atoms with E-state index in [9.17, 15) is 4.79 Å². The Labute approximate surface area is 119 Å². The molecule has 0 aliphatic carbocycles. The van der Waals surface area contributed by atoms with Crippen LogP contribution in [0.25, 0.3) is 0 Å². The minimum atomic E-state index is 0.0124. The van der Waals surface area contributed by atoms with Crippen molar-refractivity contribution in [3.63, 3.8) is 0 Å². The number of aryl methyl sites for hydroxylation is 1. The summed E-state index contributed by atoms with van der Waals surface area (Å²) in [4.78, 5) is 10.6. The number of hydrogen-bond acceptors (Lipinski definition) is 3. The van der Waals surface area contributed by atoms with Gasteiger partial charge in [-0.25, -0.2) is 0 Å². The van der Waals surface area contributed by atoms with Gasteiger partial charge in [-0.05, 0) is 36.1 Å². The fourth-order valence-electron chi connectivity index (χ4n) is 2.04. The van der Waals surface area contributed by atoms with Crippen molar-refractivity contribution in [3.8, 4) is 5.75 Å². The Morgan fingerprint density at radius 1 is 1.20 bits per heavy atom. The molecule has 0 N–H and O–H groups in total. The van der Waals surface area contributed by atoms with Crippen molar-refractivity contribution in [1.82, 2.24) is 0 Å². The molecule has 0 amide bonds. The lowest BCUT2D eigenvalue weighted by Gasteiger charge is -2.23. The maximum absolute atomic E-state index is 10.6. The molecule has 0 saturated carbocycles. The van der Waals surface area contributed by atoms with Crippen molar-refractivity contribution in [2.75, 3.05) is 0 Å². The van der Waals surface area contributed by atoms with E-state index in [2.05, 4.69) is 33.8 Å². The molecule has 0 radical (unpaired) electrons. The molecule has 3 nitrogen and oxygen atoms in total. The molecule has 3 heteroatoms. The summed E-state index contributed by atoms with van der Waals surface area (Å²) in [5.41, 5.74) is 2.39. The smallest absolute Gasteiger partial charge is 0.185 e. The number of aldehydes is 1. The zero-order valence-electron chi connectivity index (χ0n) is 12.4. The Kier molecular flexibility index (Phi) is 3.98. The van der Waals surface area contributed by atoms with Gasteiger partial charge in [-0.1, -0.05) is 38.5 Å². The molecule has 0 aliphatic rings. The van der Waals surface area contributed by atoms with Crippen LogP contribution in [0, 0.1) is 6.92 Å². The molecule has 1 heterocycles. The average Bonchev–Trinajstić information content (AvgIpc) is 2.84. The molecule has 0 unspecified atom stereocenters. The standard InChI is InChI=1S/C17H20O3/c1-12-5-8-16(15(9-12)17(2,3)4)19-11-14-7-6-13(10-18)20-14/h5-10H,11H2,1-4H3. The van der Waals surface area contributed by atoms with E-state index < -0.39 is 0 Å². The summed E-state index contributed by atoms with van der Waals surface area (Å²) in [6.45, 7) is 8.87. The van der Waals surface area contributed by atoms with Crippen LogP contribution in [0.4, 0.5) is 0 Å². The van der Waals surface area contributed by atoms with Gasteiger partial charge in [-0.3, -0.25) is 4.79 Å². The largest absolute Gasteiger partial charge is 0.485 e. The number of benzene rings is 1. The van der Waals surface area contributed by atoms with Gasteiger partial charge in [0.25, 0.3) is 0 Å². The molecule has 106 valence electrons. The van der Waals surface area contributed by atoms with Crippen LogP contribution in [-0.2, 0) is 12.0 Å².